The van der Waals surface area contributed by atoms with E-state index in [1.165, 1.54) is 0 Å². The van der Waals surface area contributed by atoms with Gasteiger partial charge in [0.2, 0.25) is 5.91 Å². The van der Waals surface area contributed by atoms with Gasteiger partial charge in [-0.3, -0.25) is 4.79 Å². The molecule has 0 bridgehead atoms. The van der Waals surface area contributed by atoms with Crippen molar-refractivity contribution >= 4 is 12.0 Å². The van der Waals surface area contributed by atoms with Crippen LogP contribution in [0.3, 0.4) is 0 Å². The van der Waals surface area contributed by atoms with E-state index < -0.39 is 12.1 Å². The van der Waals surface area contributed by atoms with E-state index in [4.69, 9.17) is 9.47 Å². The number of carbonyl (C=O) groups excluding carboxylic acids is 2. The molecule has 2 N–H and O–H groups in total. The second kappa shape index (κ2) is 10.6. The molecule has 0 saturated carbocycles. The van der Waals surface area contributed by atoms with Crippen molar-refractivity contribution in [2.75, 3.05) is 19.8 Å². The summed E-state index contributed by atoms with van der Waals surface area (Å²) >= 11 is 0. The molecule has 0 radical (unpaired) electrons. The zero-order valence-corrected chi connectivity index (χ0v) is 13.1. The summed E-state index contributed by atoms with van der Waals surface area (Å²) in [5, 5.41) is 5.23. The molecule has 1 atom stereocenters. The van der Waals surface area contributed by atoms with Crippen molar-refractivity contribution in [1.29, 1.82) is 0 Å². The van der Waals surface area contributed by atoms with Crippen molar-refractivity contribution in [3.8, 4) is 0 Å². The SMILES string of the molecule is CCOCCCNC(=O)[C@H](C)NC(=O)OCc1ccccc1. The van der Waals surface area contributed by atoms with E-state index in [-0.39, 0.29) is 12.5 Å². The zero-order chi connectivity index (χ0) is 16.2. The Labute approximate surface area is 131 Å². The Hall–Kier alpha value is -2.08. The molecule has 122 valence electrons. The standard InChI is InChI=1S/C16H24N2O4/c1-3-21-11-7-10-17-15(19)13(2)18-16(20)22-12-14-8-5-4-6-9-14/h4-6,8-9,13H,3,7,10-12H2,1-2H3,(H,17,19)(H,18,20)/t13-/m0/s1. The number of ether oxygens (including phenoxy) is 2. The minimum absolute atomic E-state index is 0.176. The van der Waals surface area contributed by atoms with Gasteiger partial charge in [0.25, 0.3) is 0 Å². The second-order valence-electron chi connectivity index (χ2n) is 4.77. The van der Waals surface area contributed by atoms with Crippen LogP contribution >= 0.6 is 0 Å². The van der Waals surface area contributed by atoms with Crippen molar-refractivity contribution in [2.24, 2.45) is 0 Å². The summed E-state index contributed by atoms with van der Waals surface area (Å²) in [4.78, 5) is 23.4. The van der Waals surface area contributed by atoms with Crippen molar-refractivity contribution in [3.63, 3.8) is 0 Å². The predicted octanol–water partition coefficient (Wildman–Crippen LogP) is 1.84. The molecule has 0 heterocycles. The molecular weight excluding hydrogens is 284 g/mol. The van der Waals surface area contributed by atoms with Crippen LogP contribution in [0.25, 0.3) is 0 Å². The third kappa shape index (κ3) is 7.64. The van der Waals surface area contributed by atoms with Gasteiger partial charge in [-0.05, 0) is 25.8 Å². The van der Waals surface area contributed by atoms with Gasteiger partial charge in [-0.2, -0.15) is 0 Å². The summed E-state index contributed by atoms with van der Waals surface area (Å²) in [5.41, 5.74) is 0.894. The lowest BCUT2D eigenvalue weighted by Crippen LogP contribution is -2.45. The molecule has 0 aliphatic rings. The third-order valence-corrected chi connectivity index (χ3v) is 2.91. The molecule has 0 saturated heterocycles. The van der Waals surface area contributed by atoms with Crippen LogP contribution < -0.4 is 10.6 Å². The lowest BCUT2D eigenvalue weighted by molar-refractivity contribution is -0.122. The number of rotatable bonds is 9. The summed E-state index contributed by atoms with van der Waals surface area (Å²) < 4.78 is 10.2. The molecule has 0 aromatic heterocycles. The molecule has 1 rings (SSSR count). The van der Waals surface area contributed by atoms with E-state index in [0.29, 0.717) is 19.8 Å². The Balaban J connectivity index is 2.18. The highest BCUT2D eigenvalue weighted by atomic mass is 16.5. The van der Waals surface area contributed by atoms with Crippen LogP contribution in [0.4, 0.5) is 4.79 Å². The molecule has 0 fully saturated rings. The van der Waals surface area contributed by atoms with Crippen LogP contribution in [0, 0.1) is 0 Å². The Kier molecular flexibility index (Phi) is 8.67. The first kappa shape index (κ1) is 18.0. The Morgan fingerprint density at radius 2 is 1.95 bits per heavy atom. The van der Waals surface area contributed by atoms with Crippen LogP contribution in [0.2, 0.25) is 0 Å². The summed E-state index contributed by atoms with van der Waals surface area (Å²) in [5.74, 6) is -0.242. The number of hydrogen-bond acceptors (Lipinski definition) is 4. The van der Waals surface area contributed by atoms with Crippen LogP contribution in [-0.4, -0.2) is 37.8 Å². The minimum Gasteiger partial charge on any atom is -0.445 e. The molecule has 0 aliphatic carbocycles. The van der Waals surface area contributed by atoms with E-state index in [0.717, 1.165) is 12.0 Å². The van der Waals surface area contributed by atoms with Crippen LogP contribution in [0.5, 0.6) is 0 Å². The lowest BCUT2D eigenvalue weighted by Gasteiger charge is -2.14. The maximum atomic E-state index is 11.8. The van der Waals surface area contributed by atoms with E-state index in [9.17, 15) is 9.59 Å². The Morgan fingerprint density at radius 3 is 2.64 bits per heavy atom. The van der Waals surface area contributed by atoms with E-state index >= 15 is 0 Å². The van der Waals surface area contributed by atoms with Crippen LogP contribution in [0.15, 0.2) is 30.3 Å². The van der Waals surface area contributed by atoms with Gasteiger partial charge in [0.15, 0.2) is 0 Å². The van der Waals surface area contributed by atoms with Gasteiger partial charge in [0.1, 0.15) is 12.6 Å². The molecule has 0 unspecified atom stereocenters. The van der Waals surface area contributed by atoms with Gasteiger partial charge in [-0.25, -0.2) is 4.79 Å². The second-order valence-corrected chi connectivity index (χ2v) is 4.77. The monoisotopic (exact) mass is 308 g/mol. The lowest BCUT2D eigenvalue weighted by atomic mass is 10.2. The molecule has 6 heteroatoms. The fraction of sp³-hybridized carbons (Fsp3) is 0.500. The number of hydrogen-bond donors (Lipinski definition) is 2. The van der Waals surface area contributed by atoms with Crippen molar-refractivity contribution in [1.82, 2.24) is 10.6 Å². The van der Waals surface area contributed by atoms with Gasteiger partial charge >= 0.3 is 6.09 Å². The normalized spacial score (nSPS) is 11.5. The van der Waals surface area contributed by atoms with Crippen molar-refractivity contribution in [2.45, 2.75) is 32.9 Å². The largest absolute Gasteiger partial charge is 0.445 e. The number of benzene rings is 1. The first-order chi connectivity index (χ1) is 10.6. The molecule has 1 aromatic rings. The maximum absolute atomic E-state index is 11.8. The summed E-state index contributed by atoms with van der Waals surface area (Å²) in [6.45, 7) is 5.50. The number of amides is 2. The van der Waals surface area contributed by atoms with E-state index in [1.54, 1.807) is 6.92 Å². The summed E-state index contributed by atoms with van der Waals surface area (Å²) in [7, 11) is 0. The van der Waals surface area contributed by atoms with Crippen LogP contribution in [0.1, 0.15) is 25.8 Å². The van der Waals surface area contributed by atoms with Gasteiger partial charge in [-0.1, -0.05) is 30.3 Å². The maximum Gasteiger partial charge on any atom is 0.408 e. The summed E-state index contributed by atoms with van der Waals surface area (Å²) in [6.07, 6.45) is 0.130. The van der Waals surface area contributed by atoms with E-state index in [1.807, 2.05) is 37.3 Å². The highest BCUT2D eigenvalue weighted by Gasteiger charge is 2.15. The highest BCUT2D eigenvalue weighted by Crippen LogP contribution is 2.00. The van der Waals surface area contributed by atoms with Gasteiger partial charge in [-0.15, -0.1) is 0 Å². The Bertz CT molecular complexity index is 451. The number of nitrogens with one attached hydrogen (secondary N) is 2. The molecule has 1 aromatic carbocycles. The first-order valence-corrected chi connectivity index (χ1v) is 7.46. The smallest absolute Gasteiger partial charge is 0.408 e. The molecule has 22 heavy (non-hydrogen) atoms. The molecular formula is C16H24N2O4. The number of carbonyl (C=O) groups is 2. The third-order valence-electron chi connectivity index (χ3n) is 2.91. The zero-order valence-electron chi connectivity index (χ0n) is 13.1. The van der Waals surface area contributed by atoms with Gasteiger partial charge in [0, 0.05) is 19.8 Å². The van der Waals surface area contributed by atoms with Crippen LogP contribution in [-0.2, 0) is 20.9 Å². The van der Waals surface area contributed by atoms with Gasteiger partial charge < -0.3 is 20.1 Å². The average Bonchev–Trinajstić information content (AvgIpc) is 2.53. The van der Waals surface area contributed by atoms with E-state index in [2.05, 4.69) is 10.6 Å². The average molecular weight is 308 g/mol. The quantitative estimate of drug-likeness (QED) is 0.683. The number of alkyl carbamates (subject to hydrolysis) is 1. The van der Waals surface area contributed by atoms with Crippen molar-refractivity contribution in [3.05, 3.63) is 35.9 Å². The Morgan fingerprint density at radius 1 is 1.23 bits per heavy atom. The predicted molar refractivity (Wildman–Crippen MR) is 83.3 cm³/mol. The highest BCUT2D eigenvalue weighted by molar-refractivity contribution is 5.85. The minimum atomic E-state index is -0.643. The molecule has 2 amide bonds. The topological polar surface area (TPSA) is 76.7 Å². The molecule has 6 nitrogen and oxygen atoms in total. The summed E-state index contributed by atoms with van der Waals surface area (Å²) in [6, 6.07) is 8.71. The molecule has 0 aliphatic heterocycles. The van der Waals surface area contributed by atoms with Crippen molar-refractivity contribution < 1.29 is 19.1 Å². The fourth-order valence-corrected chi connectivity index (χ4v) is 1.69. The molecule has 0 spiro atoms. The fourth-order valence-electron chi connectivity index (χ4n) is 1.69. The first-order valence-electron chi connectivity index (χ1n) is 7.46. The van der Waals surface area contributed by atoms with Gasteiger partial charge in [0.05, 0.1) is 0 Å².